The molecule has 4 nitrogen and oxygen atoms in total. The van der Waals surface area contributed by atoms with Crippen LogP contribution < -0.4 is 0 Å². The number of hydrogen-bond donors (Lipinski definition) is 1. The highest BCUT2D eigenvalue weighted by Crippen LogP contribution is 2.41. The molecule has 0 atom stereocenters. The van der Waals surface area contributed by atoms with Crippen LogP contribution >= 0.6 is 0 Å². The van der Waals surface area contributed by atoms with E-state index in [1.807, 2.05) is 49.4 Å². The molecule has 0 spiro atoms. The van der Waals surface area contributed by atoms with E-state index >= 15 is 0 Å². The number of para-hydroxylation sites is 2. The first-order chi connectivity index (χ1) is 28.4. The Labute approximate surface area is 337 Å². The Morgan fingerprint density at radius 2 is 0.914 bits per heavy atom. The Kier molecular flexibility index (Phi) is 8.73. The zero-order valence-electron chi connectivity index (χ0n) is 32.1. The molecule has 0 amide bonds. The molecule has 1 N–H and O–H groups in total. The topological polar surface area (TPSA) is 59.2 Å². The molecule has 0 saturated carbocycles. The van der Waals surface area contributed by atoms with Gasteiger partial charge in [-0.15, -0.1) is 0 Å². The average molecular weight is 747 g/mol. The van der Waals surface area contributed by atoms with Crippen molar-refractivity contribution in [1.29, 1.82) is 0 Å². The van der Waals surface area contributed by atoms with Gasteiger partial charge < -0.3 is 9.52 Å². The Balaban J connectivity index is 1.06. The van der Waals surface area contributed by atoms with Crippen molar-refractivity contribution >= 4 is 21.9 Å². The van der Waals surface area contributed by atoms with E-state index in [1.165, 1.54) is 5.56 Å². The summed E-state index contributed by atoms with van der Waals surface area (Å²) in [5.74, 6) is 0.184. The lowest BCUT2D eigenvalue weighted by Gasteiger charge is -2.13. The minimum absolute atomic E-state index is 0.184. The molecule has 58 heavy (non-hydrogen) atoms. The van der Waals surface area contributed by atoms with Crippen molar-refractivity contribution in [1.82, 2.24) is 9.97 Å². The second-order valence-corrected chi connectivity index (χ2v) is 14.9. The molecule has 0 fully saturated rings. The minimum atomic E-state index is 0.184. The first-order valence-electron chi connectivity index (χ1n) is 19.5. The number of nitrogens with zero attached hydrogens (tertiary/aromatic N) is 2. The van der Waals surface area contributed by atoms with E-state index in [4.69, 9.17) is 14.4 Å². The SMILES string of the molecule is Cc1cccc(-c2ccc(-c3cc(-c4ccccc4)cc(-c4cccc(-c5cc(-c6cccc7c6oc6c(-c8ccccc8)cccc67)cc(C)n5)c4)n3)c(O)c2)c1. The maximum Gasteiger partial charge on any atom is 0.143 e. The maximum atomic E-state index is 11.5. The molecule has 7 aromatic carbocycles. The van der Waals surface area contributed by atoms with Crippen LogP contribution in [0.25, 0.3) is 100 Å². The lowest BCUT2D eigenvalue weighted by molar-refractivity contribution is 0.477. The average Bonchev–Trinajstić information content (AvgIpc) is 3.66. The van der Waals surface area contributed by atoms with Gasteiger partial charge in [0.25, 0.3) is 0 Å². The summed E-state index contributed by atoms with van der Waals surface area (Å²) in [5.41, 5.74) is 17.1. The number of rotatable bonds is 7. The highest BCUT2D eigenvalue weighted by atomic mass is 16.3. The van der Waals surface area contributed by atoms with Crippen LogP contribution in [0.1, 0.15) is 11.3 Å². The lowest BCUT2D eigenvalue weighted by Crippen LogP contribution is -1.94. The summed E-state index contributed by atoms with van der Waals surface area (Å²) in [5, 5.41) is 13.6. The van der Waals surface area contributed by atoms with Crippen molar-refractivity contribution in [3.05, 3.63) is 199 Å². The van der Waals surface area contributed by atoms with E-state index in [-0.39, 0.29) is 5.75 Å². The molecule has 0 saturated heterocycles. The smallest absolute Gasteiger partial charge is 0.143 e. The third-order valence-electron chi connectivity index (χ3n) is 10.9. The van der Waals surface area contributed by atoms with E-state index in [9.17, 15) is 5.11 Å². The number of phenols is 1. The van der Waals surface area contributed by atoms with Crippen molar-refractivity contribution in [3.63, 3.8) is 0 Å². The van der Waals surface area contributed by atoms with Gasteiger partial charge in [-0.2, -0.15) is 0 Å². The highest BCUT2D eigenvalue weighted by molar-refractivity contribution is 6.13. The molecule has 0 aliphatic carbocycles. The normalized spacial score (nSPS) is 11.3. The molecule has 0 bridgehead atoms. The van der Waals surface area contributed by atoms with Gasteiger partial charge in [-0.25, -0.2) is 4.98 Å². The van der Waals surface area contributed by atoms with Crippen LogP contribution in [0.15, 0.2) is 192 Å². The van der Waals surface area contributed by atoms with Gasteiger partial charge in [-0.1, -0.05) is 151 Å². The van der Waals surface area contributed by atoms with E-state index in [2.05, 4.69) is 153 Å². The molecule has 0 aliphatic rings. The van der Waals surface area contributed by atoms with Crippen molar-refractivity contribution in [2.45, 2.75) is 13.8 Å². The third kappa shape index (κ3) is 6.51. The van der Waals surface area contributed by atoms with Gasteiger partial charge in [-0.05, 0) is 89.7 Å². The Morgan fingerprint density at radius 3 is 1.60 bits per heavy atom. The Morgan fingerprint density at radius 1 is 0.362 bits per heavy atom. The maximum absolute atomic E-state index is 11.5. The lowest BCUT2D eigenvalue weighted by atomic mass is 9.96. The molecule has 3 heterocycles. The number of pyridine rings is 2. The van der Waals surface area contributed by atoms with E-state index in [0.29, 0.717) is 11.3 Å². The molecule has 276 valence electrons. The predicted molar refractivity (Wildman–Crippen MR) is 239 cm³/mol. The quantitative estimate of drug-likeness (QED) is 0.176. The van der Waals surface area contributed by atoms with Crippen molar-refractivity contribution in [2.24, 2.45) is 0 Å². The van der Waals surface area contributed by atoms with Crippen LogP contribution in [0.4, 0.5) is 0 Å². The van der Waals surface area contributed by atoms with Gasteiger partial charge in [0.05, 0.1) is 17.1 Å². The van der Waals surface area contributed by atoms with E-state index in [1.54, 1.807) is 0 Å². The summed E-state index contributed by atoms with van der Waals surface area (Å²) in [6, 6.07) is 64.4. The number of aromatic hydroxyl groups is 1. The molecule has 3 aromatic heterocycles. The Hall–Kier alpha value is -7.56. The van der Waals surface area contributed by atoms with Gasteiger partial charge in [0.1, 0.15) is 16.9 Å². The number of aryl methyl sites for hydroxylation is 2. The number of fused-ring (bicyclic) bond motifs is 3. The van der Waals surface area contributed by atoms with Crippen molar-refractivity contribution in [2.75, 3.05) is 0 Å². The summed E-state index contributed by atoms with van der Waals surface area (Å²) in [6.45, 7) is 4.11. The first kappa shape index (κ1) is 34.9. The molecular weight excluding hydrogens is 709 g/mol. The number of hydrogen-bond acceptors (Lipinski definition) is 4. The largest absolute Gasteiger partial charge is 0.507 e. The number of benzene rings is 7. The van der Waals surface area contributed by atoms with Crippen LogP contribution in [0.3, 0.4) is 0 Å². The van der Waals surface area contributed by atoms with Gasteiger partial charge in [0, 0.05) is 44.3 Å². The zero-order chi connectivity index (χ0) is 39.2. The molecular formula is C54H38N2O2. The zero-order valence-corrected chi connectivity index (χ0v) is 32.1. The molecule has 10 rings (SSSR count). The van der Waals surface area contributed by atoms with Crippen LogP contribution in [-0.2, 0) is 0 Å². The third-order valence-corrected chi connectivity index (χ3v) is 10.9. The fraction of sp³-hybridized carbons (Fsp3) is 0.0370. The summed E-state index contributed by atoms with van der Waals surface area (Å²) in [6.07, 6.45) is 0. The number of aromatic nitrogens is 2. The summed E-state index contributed by atoms with van der Waals surface area (Å²) < 4.78 is 6.78. The van der Waals surface area contributed by atoms with Crippen molar-refractivity contribution < 1.29 is 9.52 Å². The van der Waals surface area contributed by atoms with Gasteiger partial charge >= 0.3 is 0 Å². The second kappa shape index (κ2) is 14.5. The summed E-state index contributed by atoms with van der Waals surface area (Å²) in [7, 11) is 0. The molecule has 0 radical (unpaired) electrons. The monoisotopic (exact) mass is 746 g/mol. The van der Waals surface area contributed by atoms with Gasteiger partial charge in [0.2, 0.25) is 0 Å². The second-order valence-electron chi connectivity index (χ2n) is 14.9. The minimum Gasteiger partial charge on any atom is -0.507 e. The fourth-order valence-corrected chi connectivity index (χ4v) is 8.07. The molecule has 4 heteroatoms. The highest BCUT2D eigenvalue weighted by Gasteiger charge is 2.18. The fourth-order valence-electron chi connectivity index (χ4n) is 8.07. The van der Waals surface area contributed by atoms with Crippen molar-refractivity contribution in [3.8, 4) is 84.0 Å². The van der Waals surface area contributed by atoms with Crippen LogP contribution in [-0.4, -0.2) is 15.1 Å². The number of furan rings is 1. The van der Waals surface area contributed by atoms with E-state index < -0.39 is 0 Å². The predicted octanol–water partition coefficient (Wildman–Crippen LogP) is 14.4. The van der Waals surface area contributed by atoms with Gasteiger partial charge in [-0.3, -0.25) is 4.98 Å². The van der Waals surface area contributed by atoms with E-state index in [0.717, 1.165) is 94.7 Å². The Bertz CT molecular complexity index is 3150. The van der Waals surface area contributed by atoms with Gasteiger partial charge in [0.15, 0.2) is 0 Å². The molecule has 0 aliphatic heterocycles. The first-order valence-corrected chi connectivity index (χ1v) is 19.5. The van der Waals surface area contributed by atoms with Crippen LogP contribution in [0.2, 0.25) is 0 Å². The van der Waals surface area contributed by atoms with Crippen LogP contribution in [0, 0.1) is 13.8 Å². The van der Waals surface area contributed by atoms with Crippen LogP contribution in [0.5, 0.6) is 5.75 Å². The summed E-state index contributed by atoms with van der Waals surface area (Å²) >= 11 is 0. The standard InChI is InChI=1S/C54H38N2O2/c1-34-13-9-18-38(27-34)39-25-26-48(52(57)33-39)51-31-42(36-14-5-3-6-15-36)30-50(56-51)41-20-10-19-40(29-41)49-32-43(28-35(2)55-49)45-22-12-24-47-46-23-11-21-44(53(46)58-54(45)47)37-16-7-4-8-17-37/h3-33,57H,1-2H3. The number of phenolic OH excluding ortho intramolecular Hbond substituents is 1. The summed E-state index contributed by atoms with van der Waals surface area (Å²) in [4.78, 5) is 10.2. The molecule has 10 aromatic rings. The molecule has 0 unspecified atom stereocenters.